The molecule has 0 aliphatic carbocycles. The molecule has 34 heavy (non-hydrogen) atoms. The summed E-state index contributed by atoms with van der Waals surface area (Å²) >= 11 is 0. The second-order valence-corrected chi connectivity index (χ2v) is 9.75. The fourth-order valence-electron chi connectivity index (χ4n) is 4.76. The molecule has 4 rings (SSSR count). The maximum Gasteiger partial charge on any atom is 0.316 e. The van der Waals surface area contributed by atoms with Crippen LogP contribution in [0.5, 0.6) is 5.75 Å². The number of ether oxygens (including phenoxy) is 1. The molecule has 6 nitrogen and oxygen atoms in total. The largest absolute Gasteiger partial charge is 1.00 e. The summed E-state index contributed by atoms with van der Waals surface area (Å²) in [5, 5.41) is 18.8. The van der Waals surface area contributed by atoms with Gasteiger partial charge in [-0.15, -0.1) is 0 Å². The summed E-state index contributed by atoms with van der Waals surface area (Å²) in [6.45, 7) is 2.94. The monoisotopic (exact) mass is 490 g/mol. The van der Waals surface area contributed by atoms with Crippen LogP contribution in [-0.4, -0.2) is 73.6 Å². The van der Waals surface area contributed by atoms with Crippen molar-refractivity contribution in [2.75, 3.05) is 34.3 Å². The minimum atomic E-state index is -0.566. The van der Waals surface area contributed by atoms with Crippen LogP contribution in [-0.2, 0) is 9.53 Å². The highest BCUT2D eigenvalue weighted by Gasteiger charge is 2.40. The Bertz CT molecular complexity index is 895. The summed E-state index contributed by atoms with van der Waals surface area (Å²) in [6.07, 6.45) is 4.26. The molecule has 0 spiro atoms. The number of aromatic hydroxyl groups is 1. The van der Waals surface area contributed by atoms with Gasteiger partial charge in [-0.3, -0.25) is 9.28 Å². The Morgan fingerprint density at radius 1 is 1.09 bits per heavy atom. The van der Waals surface area contributed by atoms with E-state index in [-0.39, 0.29) is 31.1 Å². The van der Waals surface area contributed by atoms with Crippen LogP contribution >= 0.6 is 0 Å². The fraction of sp³-hybridized carbons (Fsp3) is 0.519. The maximum absolute atomic E-state index is 12.4. The number of piperidine rings is 1. The summed E-state index contributed by atoms with van der Waals surface area (Å²) < 4.78 is 6.50. The molecule has 0 saturated carbocycles. The molecule has 2 heterocycles. The average molecular weight is 491 g/mol. The number of halogens is 1. The van der Waals surface area contributed by atoms with E-state index in [1.165, 1.54) is 12.8 Å². The zero-order chi connectivity index (χ0) is 24.0. The predicted molar refractivity (Wildman–Crippen MR) is 132 cm³/mol. The van der Waals surface area contributed by atoms with E-state index in [9.17, 15) is 15.0 Å². The summed E-state index contributed by atoms with van der Waals surface area (Å²) in [6, 6.07) is 17.9. The van der Waals surface area contributed by atoms with E-state index in [1.54, 1.807) is 6.07 Å². The Kier molecular flexibility index (Phi) is 10.4. The first-order valence-corrected chi connectivity index (χ1v) is 12.0. The van der Waals surface area contributed by atoms with E-state index < -0.39 is 5.92 Å². The Morgan fingerprint density at radius 2 is 1.71 bits per heavy atom. The second kappa shape index (κ2) is 12.5. The lowest BCUT2D eigenvalue weighted by molar-refractivity contribution is -0.155. The number of aliphatic hydroxyl groups is 1. The Hall–Kier alpha value is -2.12. The van der Waals surface area contributed by atoms with Gasteiger partial charge in [-0.2, -0.15) is 0 Å². The van der Waals surface area contributed by atoms with E-state index >= 15 is 0 Å². The molecule has 2 aromatic rings. The van der Waals surface area contributed by atoms with Crippen molar-refractivity contribution in [1.82, 2.24) is 9.38 Å². The van der Waals surface area contributed by atoms with E-state index in [0.717, 1.165) is 35.1 Å². The quantitative estimate of drug-likeness (QED) is 0.465. The minimum absolute atomic E-state index is 0. The number of rotatable bonds is 6. The molecule has 2 saturated heterocycles. The number of fused-ring (bicyclic) bond motifs is 2. The third-order valence-corrected chi connectivity index (χ3v) is 7.33. The number of carbonyl (C=O) groups excluding carboxylic acids is 1. The number of nitrogens with zero attached hydrogens (tertiary/aromatic N) is 2. The van der Waals surface area contributed by atoms with Crippen LogP contribution in [0.15, 0.2) is 54.6 Å². The third-order valence-electron chi connectivity index (χ3n) is 7.33. The van der Waals surface area contributed by atoms with Gasteiger partial charge in [0.1, 0.15) is 23.5 Å². The average Bonchev–Trinajstić information content (AvgIpc) is 3.01. The molecule has 2 aliphatic heterocycles. The zero-order valence-electron chi connectivity index (χ0n) is 20.7. The molecule has 1 unspecified atom stereocenters. The third kappa shape index (κ3) is 6.95. The molecule has 2 aromatic carbocycles. The van der Waals surface area contributed by atoms with Crippen LogP contribution in [0, 0.1) is 0 Å². The summed E-state index contributed by atoms with van der Waals surface area (Å²) in [5.74, 6) is -0.520. The number of benzene rings is 2. The first-order valence-electron chi connectivity index (χ1n) is 12.0. The molecular weight excluding hydrogens is 452 g/mol. The fourth-order valence-corrected chi connectivity index (χ4v) is 4.76. The summed E-state index contributed by atoms with van der Waals surface area (Å²) in [7, 11) is 6.41. The molecule has 0 amide bonds. The van der Waals surface area contributed by atoms with Crippen molar-refractivity contribution >= 4 is 11.7 Å². The number of hydrogen-bond donors (Lipinski definition) is 2. The zero-order valence-corrected chi connectivity index (χ0v) is 21.5. The smallest absolute Gasteiger partial charge is 0.316 e. The van der Waals surface area contributed by atoms with Gasteiger partial charge in [0.15, 0.2) is 0 Å². The van der Waals surface area contributed by atoms with Crippen molar-refractivity contribution in [3.05, 3.63) is 60.2 Å². The molecule has 2 bridgehead atoms. The molecule has 2 N–H and O–H groups in total. The van der Waals surface area contributed by atoms with Gasteiger partial charge in [-0.05, 0) is 57.4 Å². The van der Waals surface area contributed by atoms with Gasteiger partial charge in [0.25, 0.3) is 0 Å². The van der Waals surface area contributed by atoms with Crippen LogP contribution in [0.3, 0.4) is 0 Å². The highest BCUT2D eigenvalue weighted by atomic mass is 35.5. The molecule has 0 aromatic heterocycles. The van der Waals surface area contributed by atoms with Crippen molar-refractivity contribution in [3.63, 3.8) is 0 Å². The minimum Gasteiger partial charge on any atom is -1.00 e. The summed E-state index contributed by atoms with van der Waals surface area (Å²) in [5.41, 5.74) is 1.96. The number of esters is 1. The normalized spacial score (nSPS) is 22.7. The molecule has 2 aliphatic rings. The SMILES string of the molecule is CC[N+](C)(C)c1cccc(O)c1.CN1[C@@H]2CC[C@H]1C[C@@H](OC(=O)C(CO)c1ccccc1)C2.[Cl-]. The first kappa shape index (κ1) is 28.1. The van der Waals surface area contributed by atoms with Gasteiger partial charge in [-0.25, -0.2) is 0 Å². The molecular formula is C27H39ClN2O4. The van der Waals surface area contributed by atoms with Crippen LogP contribution in [0.4, 0.5) is 5.69 Å². The van der Waals surface area contributed by atoms with Crippen molar-refractivity contribution in [1.29, 1.82) is 0 Å². The first-order chi connectivity index (χ1) is 15.7. The van der Waals surface area contributed by atoms with Crippen LogP contribution in [0.25, 0.3) is 0 Å². The van der Waals surface area contributed by atoms with Crippen molar-refractivity contribution in [2.24, 2.45) is 0 Å². The Labute approximate surface area is 210 Å². The highest BCUT2D eigenvalue weighted by Crippen LogP contribution is 2.36. The van der Waals surface area contributed by atoms with Crippen molar-refractivity contribution < 1.29 is 32.2 Å². The number of quaternary nitrogens is 1. The van der Waals surface area contributed by atoms with E-state index in [4.69, 9.17) is 4.74 Å². The van der Waals surface area contributed by atoms with Gasteiger partial charge in [0, 0.05) is 18.2 Å². The molecule has 4 atom stereocenters. The Morgan fingerprint density at radius 3 is 2.24 bits per heavy atom. The number of phenolic OH excluding ortho intramolecular Hbond substituents is 1. The number of carbonyl (C=O) groups is 1. The van der Waals surface area contributed by atoms with Crippen molar-refractivity contribution in [2.45, 2.75) is 56.7 Å². The number of aliphatic hydroxyl groups excluding tert-OH is 1. The van der Waals surface area contributed by atoms with Gasteiger partial charge >= 0.3 is 5.97 Å². The number of phenols is 1. The standard InChI is InChI=1S/C17H23NO3.C10H15NO.ClH/c1-18-13-7-8-14(18)10-15(9-13)21-17(20)16(11-19)12-5-3-2-4-6-12;1-4-11(2,3)9-6-5-7-10(12)8-9;/h2-6,13-16,19H,7-11H2,1H3;5-8H,4H2,1-3H3;1H/t13-,14+,15+,16?;;. The van der Waals surface area contributed by atoms with E-state index in [1.807, 2.05) is 48.5 Å². The van der Waals surface area contributed by atoms with Crippen molar-refractivity contribution in [3.8, 4) is 5.75 Å². The molecule has 188 valence electrons. The van der Waals surface area contributed by atoms with Gasteiger partial charge < -0.3 is 32.3 Å². The van der Waals surface area contributed by atoms with E-state index in [2.05, 4.69) is 33.0 Å². The van der Waals surface area contributed by atoms with Gasteiger partial charge in [-0.1, -0.05) is 36.4 Å². The predicted octanol–water partition coefficient (Wildman–Crippen LogP) is 0.914. The van der Waals surface area contributed by atoms with Gasteiger partial charge in [0.05, 0.1) is 27.2 Å². The maximum atomic E-state index is 12.4. The summed E-state index contributed by atoms with van der Waals surface area (Å²) in [4.78, 5) is 14.8. The second-order valence-electron chi connectivity index (χ2n) is 9.75. The van der Waals surface area contributed by atoms with Crippen LogP contribution < -0.4 is 16.9 Å². The topological polar surface area (TPSA) is 70.0 Å². The van der Waals surface area contributed by atoms with Gasteiger partial charge in [0.2, 0.25) is 0 Å². The van der Waals surface area contributed by atoms with Crippen LogP contribution in [0.1, 0.15) is 44.1 Å². The molecule has 2 fully saturated rings. The number of hydrogen-bond acceptors (Lipinski definition) is 5. The molecule has 7 heteroatoms. The lowest BCUT2D eigenvalue weighted by Gasteiger charge is -2.36. The molecule has 0 radical (unpaired) electrons. The lowest BCUT2D eigenvalue weighted by atomic mass is 9.98. The highest BCUT2D eigenvalue weighted by molar-refractivity contribution is 5.78. The Balaban J connectivity index is 0.000000270. The van der Waals surface area contributed by atoms with Crippen LogP contribution in [0.2, 0.25) is 0 Å². The van der Waals surface area contributed by atoms with E-state index in [0.29, 0.717) is 17.8 Å². The lowest BCUT2D eigenvalue weighted by Crippen LogP contribution is -3.00.